The van der Waals surface area contributed by atoms with Crippen molar-refractivity contribution < 1.29 is 40.3 Å². The average molecular weight is 485 g/mol. The van der Waals surface area contributed by atoms with Gasteiger partial charge in [-0.2, -0.15) is 26.3 Å². The number of nitrogens with one attached hydrogen (secondary N) is 3. The Morgan fingerprint density at radius 3 is 1.59 bits per heavy atom. The molecule has 0 atom stereocenters. The van der Waals surface area contributed by atoms with Gasteiger partial charge in [-0.25, -0.2) is 9.18 Å². The number of anilines is 3. The van der Waals surface area contributed by atoms with Gasteiger partial charge in [0, 0.05) is 17.1 Å². The molecule has 0 aliphatic carbocycles. The number of carbonyl (C=O) groups is 2. The summed E-state index contributed by atoms with van der Waals surface area (Å²) in [5.74, 6) is -1.44. The molecule has 0 aromatic heterocycles. The minimum atomic E-state index is -5.06. The van der Waals surface area contributed by atoms with E-state index in [1.54, 1.807) is 0 Å². The smallest absolute Gasteiger partial charge is 0.322 e. The van der Waals surface area contributed by atoms with Crippen molar-refractivity contribution in [2.75, 3.05) is 16.0 Å². The number of carbonyl (C=O) groups excluding carboxylic acids is 2. The van der Waals surface area contributed by atoms with Crippen LogP contribution >= 0.6 is 0 Å². The van der Waals surface area contributed by atoms with Gasteiger partial charge in [-0.15, -0.1) is 0 Å². The van der Waals surface area contributed by atoms with Crippen LogP contribution in [0.2, 0.25) is 0 Å². The molecule has 3 aromatic carbocycles. The van der Waals surface area contributed by atoms with Gasteiger partial charge in [-0.1, -0.05) is 12.1 Å². The Bertz CT molecular complexity index is 1170. The van der Waals surface area contributed by atoms with Gasteiger partial charge in [-0.05, 0) is 54.6 Å². The summed E-state index contributed by atoms with van der Waals surface area (Å²) in [6, 6.07) is 10.2. The first kappa shape index (κ1) is 24.6. The predicted octanol–water partition coefficient (Wildman–Crippen LogP) is 6.76. The Balaban J connectivity index is 1.68. The number of halogens is 7. The first-order valence-corrected chi connectivity index (χ1v) is 9.36. The average Bonchev–Trinajstić information content (AvgIpc) is 2.74. The van der Waals surface area contributed by atoms with Crippen molar-refractivity contribution in [2.24, 2.45) is 0 Å². The molecule has 0 fully saturated rings. The quantitative estimate of drug-likeness (QED) is 0.358. The topological polar surface area (TPSA) is 70.2 Å². The fourth-order valence-corrected chi connectivity index (χ4v) is 2.80. The SMILES string of the molecule is O=C(Nc1ccc(NC(=O)c2ccccc2F)cc1)Nc1cc(C(F)(F)F)cc(C(F)(F)F)c1. The molecule has 0 aliphatic heterocycles. The van der Waals surface area contributed by atoms with Crippen LogP contribution in [0.15, 0.2) is 66.7 Å². The maximum Gasteiger partial charge on any atom is 0.416 e. The highest BCUT2D eigenvalue weighted by molar-refractivity contribution is 6.04. The van der Waals surface area contributed by atoms with Gasteiger partial charge in [0.15, 0.2) is 0 Å². The first-order valence-electron chi connectivity index (χ1n) is 9.36. The number of rotatable bonds is 4. The molecule has 0 saturated heterocycles. The Hall–Kier alpha value is -4.09. The molecule has 3 amide bonds. The Kier molecular flexibility index (Phi) is 6.80. The molecule has 0 bridgehead atoms. The van der Waals surface area contributed by atoms with E-state index in [2.05, 4.69) is 10.6 Å². The van der Waals surface area contributed by atoms with Crippen molar-refractivity contribution in [3.8, 4) is 0 Å². The number of urea groups is 1. The first-order chi connectivity index (χ1) is 15.8. The number of alkyl halides is 6. The summed E-state index contributed by atoms with van der Waals surface area (Å²) in [6.07, 6.45) is -10.1. The molecule has 3 N–H and O–H groups in total. The molecule has 0 spiro atoms. The van der Waals surface area contributed by atoms with E-state index in [4.69, 9.17) is 0 Å². The summed E-state index contributed by atoms with van der Waals surface area (Å²) < 4.78 is 91.3. The zero-order valence-corrected chi connectivity index (χ0v) is 16.8. The molecule has 12 heteroatoms. The number of hydrogen-bond acceptors (Lipinski definition) is 2. The van der Waals surface area contributed by atoms with E-state index in [0.29, 0.717) is 12.1 Å². The second-order valence-electron chi connectivity index (χ2n) is 6.89. The van der Waals surface area contributed by atoms with E-state index >= 15 is 0 Å². The van der Waals surface area contributed by atoms with Crippen LogP contribution in [-0.4, -0.2) is 11.9 Å². The normalized spacial score (nSPS) is 11.6. The van der Waals surface area contributed by atoms with Crippen molar-refractivity contribution >= 4 is 29.0 Å². The van der Waals surface area contributed by atoms with Crippen molar-refractivity contribution in [1.29, 1.82) is 0 Å². The fraction of sp³-hybridized carbons (Fsp3) is 0.0909. The highest BCUT2D eigenvalue weighted by atomic mass is 19.4. The summed E-state index contributed by atoms with van der Waals surface area (Å²) in [4.78, 5) is 24.2. The van der Waals surface area contributed by atoms with Crippen LogP contribution in [0.25, 0.3) is 0 Å². The standard InChI is InChI=1S/C22H14F7N3O2/c23-18-4-2-1-3-17(18)19(33)30-14-5-7-15(8-6-14)31-20(34)32-16-10-12(21(24,25)26)9-13(11-16)22(27,28)29/h1-11H,(H,30,33)(H2,31,32,34). The molecule has 0 saturated carbocycles. The molecular formula is C22H14F7N3O2. The van der Waals surface area contributed by atoms with Crippen LogP contribution in [0.1, 0.15) is 21.5 Å². The van der Waals surface area contributed by atoms with Crippen molar-refractivity contribution in [2.45, 2.75) is 12.4 Å². The molecule has 3 aromatic rings. The number of benzene rings is 3. The molecule has 34 heavy (non-hydrogen) atoms. The van der Waals surface area contributed by atoms with E-state index < -0.39 is 46.9 Å². The summed E-state index contributed by atoms with van der Waals surface area (Å²) in [6.45, 7) is 0. The van der Waals surface area contributed by atoms with Gasteiger partial charge in [0.25, 0.3) is 5.91 Å². The van der Waals surface area contributed by atoms with Crippen LogP contribution in [0, 0.1) is 5.82 Å². The number of hydrogen-bond donors (Lipinski definition) is 3. The molecule has 0 unspecified atom stereocenters. The molecule has 178 valence electrons. The zero-order valence-electron chi connectivity index (χ0n) is 16.8. The summed E-state index contributed by atoms with van der Waals surface area (Å²) in [7, 11) is 0. The lowest BCUT2D eigenvalue weighted by Crippen LogP contribution is -2.21. The van der Waals surface area contributed by atoms with E-state index in [0.717, 1.165) is 6.07 Å². The van der Waals surface area contributed by atoms with E-state index in [9.17, 15) is 40.3 Å². The Morgan fingerprint density at radius 1 is 0.618 bits per heavy atom. The Morgan fingerprint density at radius 2 is 1.09 bits per heavy atom. The van der Waals surface area contributed by atoms with Crippen molar-refractivity contribution in [3.63, 3.8) is 0 Å². The third kappa shape index (κ3) is 6.24. The van der Waals surface area contributed by atoms with E-state index in [1.165, 1.54) is 42.5 Å². The molecular weight excluding hydrogens is 471 g/mol. The van der Waals surface area contributed by atoms with Crippen LogP contribution in [0.3, 0.4) is 0 Å². The van der Waals surface area contributed by atoms with Crippen molar-refractivity contribution in [1.82, 2.24) is 0 Å². The van der Waals surface area contributed by atoms with E-state index in [-0.39, 0.29) is 23.0 Å². The van der Waals surface area contributed by atoms with E-state index in [1.807, 2.05) is 5.32 Å². The molecule has 3 rings (SSSR count). The maximum absolute atomic E-state index is 13.7. The van der Waals surface area contributed by atoms with Crippen LogP contribution in [0.4, 0.5) is 52.6 Å². The van der Waals surface area contributed by atoms with Crippen LogP contribution in [-0.2, 0) is 12.4 Å². The van der Waals surface area contributed by atoms with Gasteiger partial charge in [0.05, 0.1) is 16.7 Å². The largest absolute Gasteiger partial charge is 0.416 e. The second kappa shape index (κ2) is 9.41. The summed E-state index contributed by atoms with van der Waals surface area (Å²) in [5, 5.41) is 6.61. The lowest BCUT2D eigenvalue weighted by Gasteiger charge is -2.15. The number of amides is 3. The predicted molar refractivity (Wildman–Crippen MR) is 110 cm³/mol. The second-order valence-corrected chi connectivity index (χ2v) is 6.89. The third-order valence-electron chi connectivity index (χ3n) is 4.36. The van der Waals surface area contributed by atoms with Crippen LogP contribution < -0.4 is 16.0 Å². The highest BCUT2D eigenvalue weighted by Gasteiger charge is 2.37. The lowest BCUT2D eigenvalue weighted by atomic mass is 10.1. The molecule has 0 aliphatic rings. The highest BCUT2D eigenvalue weighted by Crippen LogP contribution is 2.37. The minimum absolute atomic E-state index is 0.0581. The molecule has 5 nitrogen and oxygen atoms in total. The van der Waals surface area contributed by atoms with Gasteiger partial charge < -0.3 is 16.0 Å². The van der Waals surface area contributed by atoms with Gasteiger partial charge >= 0.3 is 18.4 Å². The van der Waals surface area contributed by atoms with Gasteiger partial charge in [-0.3, -0.25) is 4.79 Å². The monoisotopic (exact) mass is 485 g/mol. The third-order valence-corrected chi connectivity index (χ3v) is 4.36. The molecule has 0 heterocycles. The summed E-state index contributed by atoms with van der Waals surface area (Å²) >= 11 is 0. The zero-order chi connectivity index (χ0) is 25.1. The fourth-order valence-electron chi connectivity index (χ4n) is 2.80. The maximum atomic E-state index is 13.7. The lowest BCUT2D eigenvalue weighted by molar-refractivity contribution is -0.143. The van der Waals surface area contributed by atoms with Crippen LogP contribution in [0.5, 0.6) is 0 Å². The van der Waals surface area contributed by atoms with Crippen molar-refractivity contribution in [3.05, 3.63) is 89.2 Å². The minimum Gasteiger partial charge on any atom is -0.322 e. The Labute approximate surface area is 187 Å². The van der Waals surface area contributed by atoms with Gasteiger partial charge in [0.2, 0.25) is 0 Å². The molecule has 0 radical (unpaired) electrons. The van der Waals surface area contributed by atoms with Gasteiger partial charge in [0.1, 0.15) is 5.82 Å². The summed E-state index contributed by atoms with van der Waals surface area (Å²) in [5.41, 5.74) is -3.70.